The van der Waals surface area contributed by atoms with Crippen LogP contribution < -0.4 is 5.32 Å². The highest BCUT2D eigenvalue weighted by molar-refractivity contribution is 7.98. The van der Waals surface area contributed by atoms with E-state index in [0.717, 1.165) is 59.5 Å². The number of amides is 1. The minimum Gasteiger partial charge on any atom is -0.352 e. The fourth-order valence-corrected chi connectivity index (χ4v) is 5.73. The monoisotopic (exact) mass is 456 g/mol. The van der Waals surface area contributed by atoms with E-state index in [4.69, 9.17) is 0 Å². The Morgan fingerprint density at radius 3 is 2.55 bits per heavy atom. The maximum absolute atomic E-state index is 13.5. The van der Waals surface area contributed by atoms with Crippen molar-refractivity contribution in [1.82, 2.24) is 15.1 Å². The minimum atomic E-state index is -1.41. The van der Waals surface area contributed by atoms with Crippen molar-refractivity contribution in [3.05, 3.63) is 65.9 Å². The Labute approximate surface area is 197 Å². The quantitative estimate of drug-likeness (QED) is 0.435. The number of nitriles is 1. The van der Waals surface area contributed by atoms with Gasteiger partial charge in [-0.3, -0.25) is 9.59 Å². The first-order valence-electron chi connectivity index (χ1n) is 11.3. The van der Waals surface area contributed by atoms with Gasteiger partial charge in [-0.05, 0) is 31.0 Å². The Kier molecular flexibility index (Phi) is 6.01. The predicted molar refractivity (Wildman–Crippen MR) is 127 cm³/mol. The van der Waals surface area contributed by atoms with Crippen LogP contribution in [0.1, 0.15) is 48.2 Å². The average molecular weight is 457 g/mol. The molecule has 1 aromatic heterocycles. The van der Waals surface area contributed by atoms with E-state index in [2.05, 4.69) is 16.5 Å². The number of Topliss-reactive ketones (excluding diaryl/α,β-unsaturated/α-hetero) is 1. The van der Waals surface area contributed by atoms with Crippen molar-refractivity contribution in [3.63, 3.8) is 0 Å². The Morgan fingerprint density at radius 2 is 1.79 bits per heavy atom. The third-order valence-electron chi connectivity index (χ3n) is 6.34. The summed E-state index contributed by atoms with van der Waals surface area (Å²) in [6.45, 7) is 0. The van der Waals surface area contributed by atoms with Gasteiger partial charge in [0.05, 0.1) is 17.5 Å². The molecule has 7 heteroatoms. The molecule has 0 spiro atoms. The number of nitrogens with one attached hydrogen (secondary N) is 1. The molecule has 1 saturated carbocycles. The van der Waals surface area contributed by atoms with E-state index >= 15 is 0 Å². The fourth-order valence-electron chi connectivity index (χ4n) is 4.66. The van der Waals surface area contributed by atoms with Crippen molar-refractivity contribution in [1.29, 1.82) is 5.26 Å². The second-order valence-electron chi connectivity index (χ2n) is 8.48. The fraction of sp³-hybridized carbons (Fsp3) is 0.308. The summed E-state index contributed by atoms with van der Waals surface area (Å²) in [5.74, 6) is -1.89. The zero-order valence-corrected chi connectivity index (χ0v) is 19.0. The summed E-state index contributed by atoms with van der Waals surface area (Å²) in [6.07, 6.45) is 5.06. The van der Waals surface area contributed by atoms with Crippen LogP contribution in [0.4, 0.5) is 0 Å². The number of hydrogen-bond donors (Lipinski definition) is 1. The summed E-state index contributed by atoms with van der Waals surface area (Å²) in [6, 6.07) is 19.7. The summed E-state index contributed by atoms with van der Waals surface area (Å²) in [4.78, 5) is 27.5. The lowest BCUT2D eigenvalue weighted by molar-refractivity contribution is -0.123. The van der Waals surface area contributed by atoms with Crippen LogP contribution in [0.2, 0.25) is 0 Å². The van der Waals surface area contributed by atoms with E-state index in [1.807, 2.05) is 54.6 Å². The van der Waals surface area contributed by atoms with Gasteiger partial charge in [-0.2, -0.15) is 10.4 Å². The lowest BCUT2D eigenvalue weighted by Gasteiger charge is -2.23. The van der Waals surface area contributed by atoms with Crippen LogP contribution in [0.3, 0.4) is 0 Å². The number of benzene rings is 2. The van der Waals surface area contributed by atoms with E-state index in [0.29, 0.717) is 5.75 Å². The van der Waals surface area contributed by atoms with Crippen LogP contribution in [0, 0.1) is 17.2 Å². The molecule has 1 aliphatic carbocycles. The molecular formula is C26H24N4O2S. The van der Waals surface area contributed by atoms with Gasteiger partial charge in [0.25, 0.3) is 0 Å². The molecule has 1 N–H and O–H groups in total. The third kappa shape index (κ3) is 4.07. The van der Waals surface area contributed by atoms with Crippen LogP contribution in [-0.4, -0.2) is 27.5 Å². The van der Waals surface area contributed by atoms with Crippen molar-refractivity contribution in [2.24, 2.45) is 5.92 Å². The Hall–Kier alpha value is -3.37. The molecule has 2 aliphatic rings. The van der Waals surface area contributed by atoms with Crippen molar-refractivity contribution in [2.75, 3.05) is 0 Å². The highest BCUT2D eigenvalue weighted by Crippen LogP contribution is 2.44. The average Bonchev–Trinajstić information content (AvgIpc) is 3.26. The summed E-state index contributed by atoms with van der Waals surface area (Å²) in [7, 11) is 0. The standard InChI is InChI=1S/C26H24N4O2S/c27-15-20(26(32)28-17-9-3-1-4-10-17)25(31)23-21-16-33-22-14-8-7-13-19(22)24(21)30(29-23)18-11-5-2-6-12-18/h2,5-8,11-14,17,20H,1,3-4,9-10,16H2,(H,28,32). The molecule has 1 fully saturated rings. The number of aromatic nitrogens is 2. The highest BCUT2D eigenvalue weighted by atomic mass is 32.2. The highest BCUT2D eigenvalue weighted by Gasteiger charge is 2.36. The SMILES string of the molecule is N#CC(C(=O)NC1CCCCC1)C(=O)c1nn(-c2ccccc2)c2c1CSc1ccccc1-2. The van der Waals surface area contributed by atoms with Gasteiger partial charge >= 0.3 is 0 Å². The Morgan fingerprint density at radius 1 is 1.06 bits per heavy atom. The van der Waals surface area contributed by atoms with Gasteiger partial charge in [-0.25, -0.2) is 4.68 Å². The minimum absolute atomic E-state index is 0.0353. The number of hydrogen-bond acceptors (Lipinski definition) is 5. The smallest absolute Gasteiger partial charge is 0.245 e. The van der Waals surface area contributed by atoms with Crippen molar-refractivity contribution >= 4 is 23.5 Å². The molecule has 1 unspecified atom stereocenters. The molecule has 0 bridgehead atoms. The first-order chi connectivity index (χ1) is 16.2. The Bertz CT molecular complexity index is 1240. The molecule has 2 heterocycles. The molecule has 6 nitrogen and oxygen atoms in total. The maximum Gasteiger partial charge on any atom is 0.245 e. The molecule has 1 aliphatic heterocycles. The van der Waals surface area contributed by atoms with E-state index in [1.165, 1.54) is 0 Å². The molecule has 1 atom stereocenters. The first-order valence-corrected chi connectivity index (χ1v) is 12.3. The molecule has 5 rings (SSSR count). The lowest BCUT2D eigenvalue weighted by atomic mass is 9.93. The molecular weight excluding hydrogens is 432 g/mol. The number of carbonyl (C=O) groups is 2. The molecule has 1 amide bonds. The second kappa shape index (κ2) is 9.24. The van der Waals surface area contributed by atoms with Gasteiger partial charge in [0.1, 0.15) is 5.69 Å². The van der Waals surface area contributed by atoms with Gasteiger partial charge in [0.15, 0.2) is 5.92 Å². The number of para-hydroxylation sites is 1. The molecule has 166 valence electrons. The topological polar surface area (TPSA) is 87.8 Å². The number of rotatable bonds is 5. The van der Waals surface area contributed by atoms with E-state index in [-0.39, 0.29) is 11.7 Å². The second-order valence-corrected chi connectivity index (χ2v) is 9.50. The summed E-state index contributed by atoms with van der Waals surface area (Å²) in [5.41, 5.74) is 3.66. The summed E-state index contributed by atoms with van der Waals surface area (Å²) < 4.78 is 1.77. The number of fused-ring (bicyclic) bond motifs is 3. The normalized spacial score (nSPS) is 16.2. The Balaban J connectivity index is 1.55. The number of nitrogens with zero attached hydrogens (tertiary/aromatic N) is 3. The molecule has 33 heavy (non-hydrogen) atoms. The zero-order valence-electron chi connectivity index (χ0n) is 18.2. The summed E-state index contributed by atoms with van der Waals surface area (Å²) >= 11 is 1.64. The third-order valence-corrected chi connectivity index (χ3v) is 7.44. The van der Waals surface area contributed by atoms with Gasteiger partial charge < -0.3 is 5.32 Å². The predicted octanol–water partition coefficient (Wildman–Crippen LogP) is 4.92. The molecule has 3 aromatic rings. The zero-order chi connectivity index (χ0) is 22.8. The first kappa shape index (κ1) is 21.5. The number of carbonyl (C=O) groups excluding carboxylic acids is 2. The van der Waals surface area contributed by atoms with Crippen molar-refractivity contribution in [2.45, 2.75) is 48.8 Å². The van der Waals surface area contributed by atoms with Crippen LogP contribution in [0.25, 0.3) is 16.9 Å². The van der Waals surface area contributed by atoms with Crippen LogP contribution in [0.15, 0.2) is 59.5 Å². The summed E-state index contributed by atoms with van der Waals surface area (Å²) in [5, 5.41) is 17.4. The van der Waals surface area contributed by atoms with E-state index in [1.54, 1.807) is 16.4 Å². The molecule has 0 radical (unpaired) electrons. The largest absolute Gasteiger partial charge is 0.352 e. The van der Waals surface area contributed by atoms with Crippen molar-refractivity contribution in [3.8, 4) is 23.0 Å². The van der Waals surface area contributed by atoms with Gasteiger partial charge in [0, 0.05) is 27.8 Å². The molecule has 2 aromatic carbocycles. The van der Waals surface area contributed by atoms with Gasteiger partial charge in [0.2, 0.25) is 11.7 Å². The van der Waals surface area contributed by atoms with Gasteiger partial charge in [-0.1, -0.05) is 55.7 Å². The van der Waals surface area contributed by atoms with E-state index < -0.39 is 17.6 Å². The van der Waals surface area contributed by atoms with E-state index in [9.17, 15) is 14.9 Å². The van der Waals surface area contributed by atoms with Crippen LogP contribution in [0.5, 0.6) is 0 Å². The van der Waals surface area contributed by atoms with Crippen molar-refractivity contribution < 1.29 is 9.59 Å². The van der Waals surface area contributed by atoms with Gasteiger partial charge in [-0.15, -0.1) is 11.8 Å². The number of thioether (sulfide) groups is 1. The number of ketones is 1. The lowest BCUT2D eigenvalue weighted by Crippen LogP contribution is -2.42. The molecule has 0 saturated heterocycles. The van der Waals surface area contributed by atoms with Crippen LogP contribution >= 0.6 is 11.8 Å². The van der Waals surface area contributed by atoms with Crippen LogP contribution in [-0.2, 0) is 10.5 Å². The maximum atomic E-state index is 13.5.